The lowest BCUT2D eigenvalue weighted by molar-refractivity contribution is -0.118. The van der Waals surface area contributed by atoms with Crippen LogP contribution >= 0.6 is 11.3 Å². The van der Waals surface area contributed by atoms with Crippen molar-refractivity contribution < 1.29 is 17.9 Å². The Hall–Kier alpha value is -3.69. The van der Waals surface area contributed by atoms with Crippen molar-refractivity contribution in [2.75, 3.05) is 16.6 Å². The van der Waals surface area contributed by atoms with Crippen LogP contribution in [0.2, 0.25) is 0 Å². The van der Waals surface area contributed by atoms with Crippen LogP contribution in [0.4, 0.5) is 11.4 Å². The van der Waals surface area contributed by atoms with Crippen LogP contribution in [-0.2, 0) is 14.8 Å². The van der Waals surface area contributed by atoms with Crippen molar-refractivity contribution in [2.45, 2.75) is 18.7 Å². The fourth-order valence-electron chi connectivity index (χ4n) is 3.26. The van der Waals surface area contributed by atoms with E-state index in [-0.39, 0.29) is 17.4 Å². The summed E-state index contributed by atoms with van der Waals surface area (Å²) in [6.07, 6.45) is 0. The lowest BCUT2D eigenvalue weighted by Gasteiger charge is -2.12. The van der Waals surface area contributed by atoms with Gasteiger partial charge < -0.3 is 10.1 Å². The van der Waals surface area contributed by atoms with Gasteiger partial charge in [0.25, 0.3) is 15.9 Å². The third-order valence-corrected chi connectivity index (χ3v) is 7.06. The van der Waals surface area contributed by atoms with E-state index < -0.39 is 10.0 Å². The number of hydrogen-bond donors (Lipinski definition) is 2. The van der Waals surface area contributed by atoms with Gasteiger partial charge in [0.1, 0.15) is 5.75 Å². The van der Waals surface area contributed by atoms with Crippen LogP contribution in [0.3, 0.4) is 0 Å². The van der Waals surface area contributed by atoms with E-state index in [2.05, 4.69) is 15.0 Å². The average molecular weight is 494 g/mol. The van der Waals surface area contributed by atoms with Gasteiger partial charge in [-0.1, -0.05) is 30.3 Å². The van der Waals surface area contributed by atoms with Crippen molar-refractivity contribution in [1.82, 2.24) is 4.98 Å². The summed E-state index contributed by atoms with van der Waals surface area (Å²) in [7, 11) is -3.74. The normalized spacial score (nSPS) is 11.1. The molecule has 4 rings (SSSR count). The molecule has 174 valence electrons. The molecular formula is C25H23N3O4S2. The molecule has 0 bridgehead atoms. The zero-order valence-corrected chi connectivity index (χ0v) is 20.2. The molecule has 0 aliphatic heterocycles. The summed E-state index contributed by atoms with van der Waals surface area (Å²) in [5.74, 6) is 0.106. The summed E-state index contributed by atoms with van der Waals surface area (Å²) < 4.78 is 33.5. The van der Waals surface area contributed by atoms with Gasteiger partial charge in [0, 0.05) is 22.3 Å². The van der Waals surface area contributed by atoms with E-state index in [9.17, 15) is 13.2 Å². The quantitative estimate of drug-likeness (QED) is 0.350. The van der Waals surface area contributed by atoms with E-state index in [0.29, 0.717) is 22.7 Å². The van der Waals surface area contributed by atoms with E-state index in [1.54, 1.807) is 54.7 Å². The van der Waals surface area contributed by atoms with E-state index in [1.807, 2.05) is 36.6 Å². The van der Waals surface area contributed by atoms with E-state index >= 15 is 0 Å². The summed E-state index contributed by atoms with van der Waals surface area (Å²) >= 11 is 1.57. The average Bonchev–Trinajstić information content (AvgIpc) is 3.25. The Morgan fingerprint density at radius 3 is 2.44 bits per heavy atom. The molecule has 9 heteroatoms. The molecule has 0 spiro atoms. The molecule has 0 unspecified atom stereocenters. The molecule has 0 aliphatic carbocycles. The number of benzene rings is 3. The van der Waals surface area contributed by atoms with Crippen LogP contribution in [0.25, 0.3) is 11.3 Å². The highest BCUT2D eigenvalue weighted by Crippen LogP contribution is 2.25. The Bertz CT molecular complexity index is 1420. The highest BCUT2D eigenvalue weighted by Gasteiger charge is 2.16. The first kappa shape index (κ1) is 23.5. The predicted molar refractivity (Wildman–Crippen MR) is 135 cm³/mol. The molecule has 34 heavy (non-hydrogen) atoms. The largest absolute Gasteiger partial charge is 0.483 e. The van der Waals surface area contributed by atoms with E-state index in [1.165, 1.54) is 12.1 Å². The molecule has 0 saturated carbocycles. The number of rotatable bonds is 8. The Morgan fingerprint density at radius 1 is 0.971 bits per heavy atom. The standard InChI is InChI=1S/C25H23N3O4S2/c1-17-13-22(34(30,31)28-20-8-4-3-5-9-20)11-12-24(17)32-15-25(29)27-21-10-6-7-19(14-21)23-16-33-18(2)26-23/h3-14,16,28H,15H2,1-2H3,(H,27,29). The van der Waals surface area contributed by atoms with Gasteiger partial charge >= 0.3 is 0 Å². The third-order valence-electron chi connectivity index (χ3n) is 4.90. The number of aromatic nitrogens is 1. The number of aryl methyl sites for hydroxylation is 2. The van der Waals surface area contributed by atoms with Crippen LogP contribution in [0.1, 0.15) is 10.6 Å². The molecule has 0 saturated heterocycles. The van der Waals surface area contributed by atoms with Gasteiger partial charge in [-0.15, -0.1) is 11.3 Å². The van der Waals surface area contributed by atoms with Crippen LogP contribution in [0.5, 0.6) is 5.75 Å². The first-order chi connectivity index (χ1) is 16.3. The molecule has 2 N–H and O–H groups in total. The maximum absolute atomic E-state index is 12.6. The number of carbonyl (C=O) groups excluding carboxylic acids is 1. The zero-order valence-electron chi connectivity index (χ0n) is 18.6. The second-order valence-electron chi connectivity index (χ2n) is 7.57. The Balaban J connectivity index is 1.38. The maximum Gasteiger partial charge on any atom is 0.262 e. The molecule has 0 radical (unpaired) electrons. The Labute approximate surface area is 202 Å². The molecule has 0 aliphatic rings. The van der Waals surface area contributed by atoms with Crippen molar-refractivity contribution in [3.63, 3.8) is 0 Å². The summed E-state index contributed by atoms with van der Waals surface area (Å²) in [6.45, 7) is 3.46. The number of sulfonamides is 1. The van der Waals surface area contributed by atoms with Gasteiger partial charge in [0.2, 0.25) is 0 Å². The zero-order chi connectivity index (χ0) is 24.1. The molecule has 0 atom stereocenters. The number of thiazole rings is 1. The summed E-state index contributed by atoms with van der Waals surface area (Å²) in [5, 5.41) is 5.77. The highest BCUT2D eigenvalue weighted by atomic mass is 32.2. The monoisotopic (exact) mass is 493 g/mol. The van der Waals surface area contributed by atoms with E-state index in [4.69, 9.17) is 4.74 Å². The van der Waals surface area contributed by atoms with Crippen LogP contribution in [0.15, 0.2) is 83.1 Å². The van der Waals surface area contributed by atoms with Gasteiger partial charge in [-0.25, -0.2) is 13.4 Å². The van der Waals surface area contributed by atoms with Crippen molar-refractivity contribution in [3.8, 4) is 17.0 Å². The number of ether oxygens (including phenoxy) is 1. The molecular weight excluding hydrogens is 470 g/mol. The van der Waals surface area contributed by atoms with Crippen molar-refractivity contribution in [1.29, 1.82) is 0 Å². The highest BCUT2D eigenvalue weighted by molar-refractivity contribution is 7.92. The SMILES string of the molecule is Cc1nc(-c2cccc(NC(=O)COc3ccc(S(=O)(=O)Nc4ccccc4)cc3C)c2)cs1. The van der Waals surface area contributed by atoms with Gasteiger partial charge in [-0.05, 0) is 61.9 Å². The number of anilines is 2. The Kier molecular flexibility index (Phi) is 6.95. The van der Waals surface area contributed by atoms with Gasteiger partial charge in [-0.2, -0.15) is 0 Å². The molecule has 4 aromatic rings. The predicted octanol–water partition coefficient (Wildman–Crippen LogP) is 5.25. The Morgan fingerprint density at radius 2 is 1.74 bits per heavy atom. The second-order valence-corrected chi connectivity index (χ2v) is 10.3. The fourth-order valence-corrected chi connectivity index (χ4v) is 5.03. The van der Waals surface area contributed by atoms with Crippen molar-refractivity contribution in [2.24, 2.45) is 0 Å². The minimum absolute atomic E-state index is 0.111. The topological polar surface area (TPSA) is 97.4 Å². The first-order valence-electron chi connectivity index (χ1n) is 10.4. The third kappa shape index (κ3) is 5.81. The number of carbonyl (C=O) groups is 1. The van der Waals surface area contributed by atoms with Gasteiger partial charge in [0.05, 0.1) is 15.6 Å². The molecule has 3 aromatic carbocycles. The summed E-state index contributed by atoms with van der Waals surface area (Å²) in [5.41, 5.74) is 3.50. The fraction of sp³-hybridized carbons (Fsp3) is 0.120. The smallest absolute Gasteiger partial charge is 0.262 e. The first-order valence-corrected chi connectivity index (χ1v) is 12.8. The van der Waals surface area contributed by atoms with Gasteiger partial charge in [-0.3, -0.25) is 9.52 Å². The minimum atomic E-state index is -3.74. The van der Waals surface area contributed by atoms with Gasteiger partial charge in [0.15, 0.2) is 6.61 Å². The number of hydrogen-bond acceptors (Lipinski definition) is 6. The second kappa shape index (κ2) is 10.1. The van der Waals surface area contributed by atoms with Crippen LogP contribution in [-0.4, -0.2) is 25.9 Å². The van der Waals surface area contributed by atoms with E-state index in [0.717, 1.165) is 16.3 Å². The number of para-hydroxylation sites is 1. The molecule has 0 fully saturated rings. The lowest BCUT2D eigenvalue weighted by Crippen LogP contribution is -2.20. The molecule has 7 nitrogen and oxygen atoms in total. The molecule has 1 aromatic heterocycles. The number of amides is 1. The maximum atomic E-state index is 12.6. The number of nitrogens with one attached hydrogen (secondary N) is 2. The minimum Gasteiger partial charge on any atom is -0.483 e. The molecule has 1 heterocycles. The lowest BCUT2D eigenvalue weighted by atomic mass is 10.1. The summed E-state index contributed by atoms with van der Waals surface area (Å²) in [6, 6.07) is 20.6. The molecule has 1 amide bonds. The van der Waals surface area contributed by atoms with Crippen LogP contribution in [0, 0.1) is 13.8 Å². The van der Waals surface area contributed by atoms with Crippen LogP contribution < -0.4 is 14.8 Å². The van der Waals surface area contributed by atoms with Crippen molar-refractivity contribution in [3.05, 3.63) is 88.7 Å². The summed E-state index contributed by atoms with van der Waals surface area (Å²) in [4.78, 5) is 17.0. The van der Waals surface area contributed by atoms with Crippen molar-refractivity contribution >= 4 is 38.6 Å². The number of nitrogens with zero attached hydrogens (tertiary/aromatic N) is 1.